The van der Waals surface area contributed by atoms with Crippen LogP contribution in [0, 0.1) is 0 Å². The van der Waals surface area contributed by atoms with Crippen LogP contribution in [0.4, 0.5) is 10.5 Å². The summed E-state index contributed by atoms with van der Waals surface area (Å²) in [6.45, 7) is 5.95. The fraction of sp³-hybridized carbons (Fsp3) is 0.438. The van der Waals surface area contributed by atoms with E-state index in [9.17, 15) is 14.4 Å². The van der Waals surface area contributed by atoms with E-state index >= 15 is 0 Å². The topological polar surface area (TPSA) is 87.2 Å². The first kappa shape index (κ1) is 16.8. The van der Waals surface area contributed by atoms with Crippen molar-refractivity contribution in [3.63, 3.8) is 0 Å². The zero-order chi connectivity index (χ0) is 17.2. The van der Waals surface area contributed by atoms with E-state index in [4.69, 9.17) is 9.84 Å². The number of anilines is 1. The second-order valence-electron chi connectivity index (χ2n) is 6.30. The van der Waals surface area contributed by atoms with Gasteiger partial charge in [0.15, 0.2) is 0 Å². The Morgan fingerprint density at radius 3 is 2.22 bits per heavy atom. The molecule has 0 spiro atoms. The fourth-order valence-electron chi connectivity index (χ4n) is 2.21. The van der Waals surface area contributed by atoms with Gasteiger partial charge in [-0.05, 0) is 45.0 Å². The molecule has 7 heteroatoms. The van der Waals surface area contributed by atoms with Crippen LogP contribution in [-0.4, -0.2) is 53.2 Å². The van der Waals surface area contributed by atoms with Crippen LogP contribution in [0.15, 0.2) is 24.3 Å². The van der Waals surface area contributed by atoms with Crippen molar-refractivity contribution in [3.05, 3.63) is 29.8 Å². The van der Waals surface area contributed by atoms with Crippen LogP contribution < -0.4 is 4.90 Å². The van der Waals surface area contributed by atoms with Crippen molar-refractivity contribution >= 4 is 23.7 Å². The summed E-state index contributed by atoms with van der Waals surface area (Å²) < 4.78 is 5.26. The van der Waals surface area contributed by atoms with Gasteiger partial charge in [-0.1, -0.05) is 0 Å². The van der Waals surface area contributed by atoms with Crippen LogP contribution in [0.1, 0.15) is 31.1 Å². The molecule has 0 unspecified atom stereocenters. The number of rotatable bonds is 2. The molecule has 1 heterocycles. The molecule has 0 aliphatic carbocycles. The lowest BCUT2D eigenvalue weighted by molar-refractivity contribution is -0.121. The summed E-state index contributed by atoms with van der Waals surface area (Å²) in [7, 11) is 0. The van der Waals surface area contributed by atoms with Crippen molar-refractivity contribution in [2.75, 3.05) is 24.5 Å². The molecule has 23 heavy (non-hydrogen) atoms. The highest BCUT2D eigenvalue weighted by atomic mass is 16.6. The van der Waals surface area contributed by atoms with Crippen molar-refractivity contribution in [3.8, 4) is 0 Å². The van der Waals surface area contributed by atoms with Crippen LogP contribution in [0.2, 0.25) is 0 Å². The second kappa shape index (κ2) is 6.28. The summed E-state index contributed by atoms with van der Waals surface area (Å²) in [6, 6.07) is 6.07. The number of carbonyl (C=O) groups excluding carboxylic acids is 2. The number of carboxylic acids is 1. The maximum absolute atomic E-state index is 12.3. The van der Waals surface area contributed by atoms with Crippen LogP contribution in [-0.2, 0) is 9.53 Å². The zero-order valence-electron chi connectivity index (χ0n) is 13.4. The van der Waals surface area contributed by atoms with Gasteiger partial charge >= 0.3 is 12.1 Å². The molecule has 0 saturated carbocycles. The lowest BCUT2D eigenvalue weighted by Crippen LogP contribution is -2.53. The van der Waals surface area contributed by atoms with Gasteiger partial charge in [-0.25, -0.2) is 9.59 Å². The van der Waals surface area contributed by atoms with Gasteiger partial charge in [-0.3, -0.25) is 9.69 Å². The third kappa shape index (κ3) is 4.21. The predicted molar refractivity (Wildman–Crippen MR) is 83.6 cm³/mol. The van der Waals surface area contributed by atoms with Crippen molar-refractivity contribution in [1.29, 1.82) is 0 Å². The van der Waals surface area contributed by atoms with Gasteiger partial charge in [0.05, 0.1) is 5.56 Å². The Kier molecular flexibility index (Phi) is 4.58. The SMILES string of the molecule is CC(C)(C)OC(=O)N1CCN(c2ccc(C(=O)O)cc2)C(=O)C1. The van der Waals surface area contributed by atoms with Crippen molar-refractivity contribution in [1.82, 2.24) is 4.90 Å². The highest BCUT2D eigenvalue weighted by molar-refractivity contribution is 5.98. The Balaban J connectivity index is 2.03. The standard InChI is InChI=1S/C16H20N2O5/c1-16(2,3)23-15(22)17-8-9-18(13(19)10-17)12-6-4-11(5-7-12)14(20)21/h4-7H,8-10H2,1-3H3,(H,20,21). The van der Waals surface area contributed by atoms with Crippen LogP contribution in [0.5, 0.6) is 0 Å². The first-order chi connectivity index (χ1) is 10.7. The molecule has 1 aromatic carbocycles. The maximum atomic E-state index is 12.3. The molecule has 0 atom stereocenters. The first-order valence-electron chi connectivity index (χ1n) is 7.29. The quantitative estimate of drug-likeness (QED) is 0.900. The van der Waals surface area contributed by atoms with Gasteiger partial charge in [-0.2, -0.15) is 0 Å². The Morgan fingerprint density at radius 2 is 1.74 bits per heavy atom. The molecule has 7 nitrogen and oxygen atoms in total. The number of amides is 2. The molecule has 0 aromatic heterocycles. The Hall–Kier alpha value is -2.57. The molecule has 1 aromatic rings. The normalized spacial score (nSPS) is 15.5. The molecule has 1 saturated heterocycles. The Bertz CT molecular complexity index is 618. The van der Waals surface area contributed by atoms with E-state index in [0.29, 0.717) is 18.8 Å². The molecule has 1 N–H and O–H groups in total. The molecule has 2 rings (SSSR count). The van der Waals surface area contributed by atoms with E-state index in [1.165, 1.54) is 21.9 Å². The lowest BCUT2D eigenvalue weighted by Gasteiger charge is -2.35. The van der Waals surface area contributed by atoms with E-state index in [-0.39, 0.29) is 18.0 Å². The molecule has 1 aliphatic heterocycles. The third-order valence-corrected chi connectivity index (χ3v) is 3.30. The molecule has 124 valence electrons. The predicted octanol–water partition coefficient (Wildman–Crippen LogP) is 1.97. The van der Waals surface area contributed by atoms with Gasteiger partial charge in [0.1, 0.15) is 12.1 Å². The van der Waals surface area contributed by atoms with Gasteiger partial charge in [0.2, 0.25) is 5.91 Å². The highest BCUT2D eigenvalue weighted by Crippen LogP contribution is 2.19. The van der Waals surface area contributed by atoms with E-state index in [2.05, 4.69) is 0 Å². The lowest BCUT2D eigenvalue weighted by atomic mass is 10.2. The van der Waals surface area contributed by atoms with E-state index in [0.717, 1.165) is 0 Å². The van der Waals surface area contributed by atoms with Crippen LogP contribution in [0.25, 0.3) is 0 Å². The van der Waals surface area contributed by atoms with Gasteiger partial charge in [-0.15, -0.1) is 0 Å². The number of aromatic carboxylic acids is 1. The number of carboxylic acid groups (broad SMARTS) is 1. The molecular weight excluding hydrogens is 300 g/mol. The molecule has 0 bridgehead atoms. The van der Waals surface area contributed by atoms with Crippen molar-refractivity contribution in [2.24, 2.45) is 0 Å². The number of nitrogens with zero attached hydrogens (tertiary/aromatic N) is 2. The summed E-state index contributed by atoms with van der Waals surface area (Å²) >= 11 is 0. The summed E-state index contributed by atoms with van der Waals surface area (Å²) in [4.78, 5) is 38.0. The highest BCUT2D eigenvalue weighted by Gasteiger charge is 2.30. The zero-order valence-corrected chi connectivity index (χ0v) is 13.4. The number of piperazine rings is 1. The average molecular weight is 320 g/mol. The molecule has 2 amide bonds. The smallest absolute Gasteiger partial charge is 0.410 e. The fourth-order valence-corrected chi connectivity index (χ4v) is 2.21. The number of ether oxygens (including phenoxy) is 1. The van der Waals surface area contributed by atoms with Gasteiger partial charge in [0.25, 0.3) is 0 Å². The van der Waals surface area contributed by atoms with Crippen molar-refractivity contribution in [2.45, 2.75) is 26.4 Å². The Morgan fingerprint density at radius 1 is 1.13 bits per heavy atom. The number of hydrogen-bond donors (Lipinski definition) is 1. The molecule has 0 radical (unpaired) electrons. The second-order valence-corrected chi connectivity index (χ2v) is 6.30. The summed E-state index contributed by atoms with van der Waals surface area (Å²) in [6.07, 6.45) is -0.508. The van der Waals surface area contributed by atoms with E-state index in [1.807, 2.05) is 0 Å². The van der Waals surface area contributed by atoms with Crippen molar-refractivity contribution < 1.29 is 24.2 Å². The monoisotopic (exact) mass is 320 g/mol. The molecular formula is C16H20N2O5. The van der Waals surface area contributed by atoms with Gasteiger partial charge in [0, 0.05) is 18.8 Å². The first-order valence-corrected chi connectivity index (χ1v) is 7.29. The number of carbonyl (C=O) groups is 3. The maximum Gasteiger partial charge on any atom is 0.410 e. The minimum atomic E-state index is -1.02. The van der Waals surface area contributed by atoms with Gasteiger partial charge < -0.3 is 14.7 Å². The summed E-state index contributed by atoms with van der Waals surface area (Å²) in [5.74, 6) is -1.25. The van der Waals surface area contributed by atoms with E-state index in [1.54, 1.807) is 32.9 Å². The minimum Gasteiger partial charge on any atom is -0.478 e. The summed E-state index contributed by atoms with van der Waals surface area (Å²) in [5.41, 5.74) is 0.168. The van der Waals surface area contributed by atoms with Crippen LogP contribution in [0.3, 0.4) is 0 Å². The molecule has 1 aliphatic rings. The minimum absolute atomic E-state index is 0.0599. The molecule has 1 fully saturated rings. The largest absolute Gasteiger partial charge is 0.478 e. The van der Waals surface area contributed by atoms with E-state index < -0.39 is 17.7 Å². The number of hydrogen-bond acceptors (Lipinski definition) is 4. The summed E-state index contributed by atoms with van der Waals surface area (Å²) in [5, 5.41) is 8.89. The van der Waals surface area contributed by atoms with Crippen LogP contribution >= 0.6 is 0 Å². The third-order valence-electron chi connectivity index (χ3n) is 3.30. The average Bonchev–Trinajstić information content (AvgIpc) is 2.45. The number of benzene rings is 1. The Labute approximate surface area is 134 Å².